The number of likely N-dealkylation sites (tertiary alicyclic amines) is 1. The van der Waals surface area contributed by atoms with E-state index in [-0.39, 0.29) is 6.04 Å². The number of hydrogen-bond donors (Lipinski definition) is 0. The van der Waals surface area contributed by atoms with E-state index in [0.717, 1.165) is 25.2 Å². The van der Waals surface area contributed by atoms with E-state index in [1.807, 2.05) is 0 Å². The quantitative estimate of drug-likeness (QED) is 0.613. The van der Waals surface area contributed by atoms with Crippen molar-refractivity contribution >= 4 is 0 Å². The van der Waals surface area contributed by atoms with Crippen LogP contribution in [0.5, 0.6) is 0 Å². The molecule has 0 bridgehead atoms. The predicted octanol–water partition coefficient (Wildman–Crippen LogP) is 5.71. The fourth-order valence-corrected chi connectivity index (χ4v) is 5.17. The molecule has 1 fully saturated rings. The van der Waals surface area contributed by atoms with Crippen molar-refractivity contribution < 1.29 is 0 Å². The molecule has 0 saturated carbocycles. The van der Waals surface area contributed by atoms with E-state index in [2.05, 4.69) is 68.1 Å². The minimum absolute atomic E-state index is 0.208. The first-order chi connectivity index (χ1) is 14.0. The molecule has 1 saturated heterocycles. The van der Waals surface area contributed by atoms with Crippen LogP contribution in [0.15, 0.2) is 48.3 Å². The van der Waals surface area contributed by atoms with Crippen molar-refractivity contribution in [3.05, 3.63) is 65.3 Å². The van der Waals surface area contributed by atoms with Gasteiger partial charge in [-0.25, -0.2) is 9.67 Å². The number of nitrogens with zero attached hydrogens (tertiary/aromatic N) is 4. The number of aromatic nitrogens is 3. The molecule has 3 atom stereocenters. The van der Waals surface area contributed by atoms with Crippen LogP contribution in [-0.4, -0.2) is 32.3 Å². The lowest BCUT2D eigenvalue weighted by molar-refractivity contribution is 0.200. The Labute approximate surface area is 175 Å². The van der Waals surface area contributed by atoms with Gasteiger partial charge >= 0.3 is 0 Å². The van der Waals surface area contributed by atoms with Gasteiger partial charge in [-0.2, -0.15) is 5.10 Å². The summed E-state index contributed by atoms with van der Waals surface area (Å²) in [7, 11) is 0. The Morgan fingerprint density at radius 2 is 1.97 bits per heavy atom. The van der Waals surface area contributed by atoms with Gasteiger partial charge in [-0.3, -0.25) is 4.90 Å². The molecule has 4 nitrogen and oxygen atoms in total. The maximum Gasteiger partial charge on any atom is 0.153 e. The maximum atomic E-state index is 4.84. The standard InChI is InChI=1S/C25H34N4/c1-17(2)21-11-13-22(14-12-21)24(28-15-7-10-20(28)5)25-26-16-27-29(25)23-18(3)8-6-9-19(23)4/h6,8-9,13,16,20-21,24H,1,7,10-12,14-15H2,2-5H3. The summed E-state index contributed by atoms with van der Waals surface area (Å²) in [4.78, 5) is 7.49. The molecule has 29 heavy (non-hydrogen) atoms. The Balaban J connectivity index is 1.78. The fourth-order valence-electron chi connectivity index (χ4n) is 5.17. The van der Waals surface area contributed by atoms with Gasteiger partial charge in [0.25, 0.3) is 0 Å². The van der Waals surface area contributed by atoms with Gasteiger partial charge in [0.15, 0.2) is 5.82 Å². The molecule has 1 aliphatic carbocycles. The number of benzene rings is 1. The van der Waals surface area contributed by atoms with Crippen LogP contribution in [0.25, 0.3) is 5.69 Å². The van der Waals surface area contributed by atoms with Gasteiger partial charge in [-0.1, -0.05) is 36.4 Å². The Morgan fingerprint density at radius 3 is 2.55 bits per heavy atom. The summed E-state index contributed by atoms with van der Waals surface area (Å²) in [6.45, 7) is 14.2. The molecule has 4 rings (SSSR count). The van der Waals surface area contributed by atoms with Gasteiger partial charge in [0.2, 0.25) is 0 Å². The largest absolute Gasteiger partial charge is 0.287 e. The van der Waals surface area contributed by atoms with E-state index in [9.17, 15) is 0 Å². The van der Waals surface area contributed by atoms with Crippen molar-refractivity contribution in [2.45, 2.75) is 71.9 Å². The molecule has 3 unspecified atom stereocenters. The molecule has 154 valence electrons. The molecule has 2 aromatic rings. The molecule has 2 heterocycles. The fraction of sp³-hybridized carbons (Fsp3) is 0.520. The average Bonchev–Trinajstić information content (AvgIpc) is 3.33. The average molecular weight is 391 g/mol. The zero-order chi connectivity index (χ0) is 20.5. The van der Waals surface area contributed by atoms with Crippen molar-refractivity contribution in [1.29, 1.82) is 0 Å². The van der Waals surface area contributed by atoms with Crippen molar-refractivity contribution in [2.75, 3.05) is 6.54 Å². The Kier molecular flexibility index (Phi) is 5.73. The number of hydrogen-bond acceptors (Lipinski definition) is 3. The van der Waals surface area contributed by atoms with Gasteiger partial charge in [-0.15, -0.1) is 0 Å². The second kappa shape index (κ2) is 8.27. The lowest BCUT2D eigenvalue weighted by Crippen LogP contribution is -2.35. The summed E-state index contributed by atoms with van der Waals surface area (Å²) in [5.41, 5.74) is 6.48. The van der Waals surface area contributed by atoms with Gasteiger partial charge in [-0.05, 0) is 89.0 Å². The van der Waals surface area contributed by atoms with Crippen LogP contribution in [0.2, 0.25) is 0 Å². The molecular formula is C25H34N4. The smallest absolute Gasteiger partial charge is 0.153 e. The zero-order valence-electron chi connectivity index (χ0n) is 18.4. The van der Waals surface area contributed by atoms with Gasteiger partial charge in [0.1, 0.15) is 6.33 Å². The highest BCUT2D eigenvalue weighted by Gasteiger charge is 2.36. The lowest BCUT2D eigenvalue weighted by Gasteiger charge is -2.35. The lowest BCUT2D eigenvalue weighted by atomic mass is 9.82. The first kappa shape index (κ1) is 20.1. The first-order valence-corrected chi connectivity index (χ1v) is 11.0. The topological polar surface area (TPSA) is 34.0 Å². The summed E-state index contributed by atoms with van der Waals surface area (Å²) in [5, 5.41) is 4.70. The number of aryl methyl sites for hydroxylation is 2. The molecule has 1 aliphatic heterocycles. The van der Waals surface area contributed by atoms with E-state index in [4.69, 9.17) is 10.1 Å². The van der Waals surface area contributed by atoms with Crippen LogP contribution in [0.3, 0.4) is 0 Å². The van der Waals surface area contributed by atoms with Crippen LogP contribution >= 0.6 is 0 Å². The van der Waals surface area contributed by atoms with E-state index < -0.39 is 0 Å². The minimum atomic E-state index is 0.208. The minimum Gasteiger partial charge on any atom is -0.287 e. The van der Waals surface area contributed by atoms with Gasteiger partial charge in [0.05, 0.1) is 11.7 Å². The first-order valence-electron chi connectivity index (χ1n) is 11.0. The third kappa shape index (κ3) is 3.83. The highest BCUT2D eigenvalue weighted by Crippen LogP contribution is 2.40. The number of rotatable bonds is 5. The highest BCUT2D eigenvalue weighted by molar-refractivity contribution is 5.47. The monoisotopic (exact) mass is 390 g/mol. The van der Waals surface area contributed by atoms with Crippen LogP contribution < -0.4 is 0 Å². The maximum absolute atomic E-state index is 4.84. The third-order valence-electron chi connectivity index (χ3n) is 6.90. The molecule has 0 spiro atoms. The van der Waals surface area contributed by atoms with Crippen molar-refractivity contribution in [2.24, 2.45) is 5.92 Å². The van der Waals surface area contributed by atoms with Gasteiger partial charge in [0, 0.05) is 6.04 Å². The van der Waals surface area contributed by atoms with Crippen molar-refractivity contribution in [1.82, 2.24) is 19.7 Å². The van der Waals surface area contributed by atoms with E-state index >= 15 is 0 Å². The summed E-state index contributed by atoms with van der Waals surface area (Å²) < 4.78 is 2.10. The van der Waals surface area contributed by atoms with Crippen LogP contribution in [0, 0.1) is 19.8 Å². The Morgan fingerprint density at radius 1 is 1.21 bits per heavy atom. The van der Waals surface area contributed by atoms with E-state index in [0.29, 0.717) is 12.0 Å². The number of para-hydroxylation sites is 1. The summed E-state index contributed by atoms with van der Waals surface area (Å²) in [6.07, 6.45) is 10.1. The predicted molar refractivity (Wildman–Crippen MR) is 119 cm³/mol. The highest BCUT2D eigenvalue weighted by atomic mass is 15.4. The molecule has 0 N–H and O–H groups in total. The van der Waals surface area contributed by atoms with Crippen molar-refractivity contribution in [3.8, 4) is 5.69 Å². The van der Waals surface area contributed by atoms with Crippen LogP contribution in [-0.2, 0) is 0 Å². The Bertz CT molecular complexity index is 902. The molecule has 1 aromatic heterocycles. The van der Waals surface area contributed by atoms with E-state index in [1.54, 1.807) is 6.33 Å². The molecule has 2 aliphatic rings. The zero-order valence-corrected chi connectivity index (χ0v) is 18.4. The molecule has 1 aromatic carbocycles. The number of allylic oxidation sites excluding steroid dienone is 2. The van der Waals surface area contributed by atoms with Crippen LogP contribution in [0.4, 0.5) is 0 Å². The van der Waals surface area contributed by atoms with Crippen molar-refractivity contribution in [3.63, 3.8) is 0 Å². The second-order valence-corrected chi connectivity index (χ2v) is 9.00. The normalized spacial score (nSPS) is 23.8. The molecular weight excluding hydrogens is 356 g/mol. The summed E-state index contributed by atoms with van der Waals surface area (Å²) >= 11 is 0. The van der Waals surface area contributed by atoms with Gasteiger partial charge < -0.3 is 0 Å². The summed E-state index contributed by atoms with van der Waals surface area (Å²) in [5.74, 6) is 1.68. The molecule has 0 amide bonds. The SMILES string of the molecule is C=C(C)C1CC=C(C(c2ncnn2-c2c(C)cccc2C)N2CCCC2C)CC1. The molecule has 4 heteroatoms. The summed E-state index contributed by atoms with van der Waals surface area (Å²) in [6, 6.07) is 7.23. The van der Waals surface area contributed by atoms with E-state index in [1.165, 1.54) is 47.2 Å². The molecule has 0 radical (unpaired) electrons. The second-order valence-electron chi connectivity index (χ2n) is 9.00. The Hall–Kier alpha value is -2.20. The van der Waals surface area contributed by atoms with Crippen LogP contribution in [0.1, 0.15) is 68.9 Å². The third-order valence-corrected chi connectivity index (χ3v) is 6.90.